The standard InChI is InChI=1S/C12H12ClN3O/c1-8(17)5-6-11(14)16-12(15)9-3-2-4-10(13)7-9/h2-7H,1H3,(H3,14,15,16)/b6-5-. The van der Waals surface area contributed by atoms with Crippen LogP contribution in [0, 0.1) is 5.41 Å². The first kappa shape index (κ1) is 13.1. The van der Waals surface area contributed by atoms with E-state index >= 15 is 0 Å². The summed E-state index contributed by atoms with van der Waals surface area (Å²) < 4.78 is 0. The van der Waals surface area contributed by atoms with Gasteiger partial charge in [-0.05, 0) is 31.2 Å². The maximum Gasteiger partial charge on any atom is 0.154 e. The molecule has 0 spiro atoms. The molecular formula is C12H12ClN3O. The number of nitrogens with two attached hydrogens (primary N) is 1. The quantitative estimate of drug-likeness (QED) is 0.489. The molecule has 0 atom stereocenters. The van der Waals surface area contributed by atoms with Crippen LogP contribution in [0.4, 0.5) is 0 Å². The maximum atomic E-state index is 10.7. The van der Waals surface area contributed by atoms with Gasteiger partial charge in [-0.1, -0.05) is 23.7 Å². The molecule has 3 N–H and O–H groups in total. The number of nitrogens with zero attached hydrogens (tertiary/aromatic N) is 1. The van der Waals surface area contributed by atoms with E-state index in [0.29, 0.717) is 10.6 Å². The highest BCUT2D eigenvalue weighted by Gasteiger charge is 2.00. The number of aliphatic imine (C=N–C) groups is 1. The number of rotatable bonds is 3. The Morgan fingerprint density at radius 2 is 2.18 bits per heavy atom. The van der Waals surface area contributed by atoms with Gasteiger partial charge in [-0.2, -0.15) is 0 Å². The highest BCUT2D eigenvalue weighted by molar-refractivity contribution is 6.31. The average Bonchev–Trinajstić information content (AvgIpc) is 2.26. The Kier molecular flexibility index (Phi) is 4.60. The Balaban J connectivity index is 2.85. The molecule has 1 rings (SSSR count). The fraction of sp³-hybridized carbons (Fsp3) is 0.0833. The Morgan fingerprint density at radius 3 is 2.76 bits per heavy atom. The van der Waals surface area contributed by atoms with Crippen LogP contribution >= 0.6 is 11.6 Å². The number of nitrogens with one attached hydrogen (secondary N) is 1. The lowest BCUT2D eigenvalue weighted by Crippen LogP contribution is -2.11. The number of carbonyl (C=O) groups is 1. The number of hydrogen-bond donors (Lipinski definition) is 2. The van der Waals surface area contributed by atoms with Gasteiger partial charge in [0.2, 0.25) is 0 Å². The molecule has 4 nitrogen and oxygen atoms in total. The van der Waals surface area contributed by atoms with Crippen molar-refractivity contribution < 1.29 is 4.79 Å². The van der Waals surface area contributed by atoms with Gasteiger partial charge in [0.25, 0.3) is 0 Å². The summed E-state index contributed by atoms with van der Waals surface area (Å²) in [6.07, 6.45) is 2.66. The zero-order valence-electron chi connectivity index (χ0n) is 9.27. The summed E-state index contributed by atoms with van der Waals surface area (Å²) in [5.74, 6) is -0.0270. The summed E-state index contributed by atoms with van der Waals surface area (Å²) in [5.41, 5.74) is 6.10. The van der Waals surface area contributed by atoms with Crippen molar-refractivity contribution in [3.05, 3.63) is 47.0 Å². The van der Waals surface area contributed by atoms with Crippen LogP contribution in [0.5, 0.6) is 0 Å². The minimum absolute atomic E-state index is 0.00166. The summed E-state index contributed by atoms with van der Waals surface area (Å²) in [4.78, 5) is 14.5. The lowest BCUT2D eigenvalue weighted by molar-refractivity contribution is -0.112. The molecule has 0 amide bonds. The van der Waals surface area contributed by atoms with Crippen LogP contribution < -0.4 is 5.73 Å². The van der Waals surface area contributed by atoms with Gasteiger partial charge in [-0.15, -0.1) is 0 Å². The number of amidine groups is 2. The Hall–Kier alpha value is -1.94. The first-order valence-corrected chi connectivity index (χ1v) is 5.24. The molecule has 0 radical (unpaired) electrons. The van der Waals surface area contributed by atoms with Crippen LogP contribution in [-0.4, -0.2) is 17.5 Å². The van der Waals surface area contributed by atoms with Crippen molar-refractivity contribution in [3.8, 4) is 0 Å². The molecule has 0 aliphatic carbocycles. The van der Waals surface area contributed by atoms with E-state index in [1.165, 1.54) is 19.1 Å². The summed E-state index contributed by atoms with van der Waals surface area (Å²) in [6.45, 7) is 1.41. The molecule has 0 aliphatic heterocycles. The van der Waals surface area contributed by atoms with Gasteiger partial charge in [0.15, 0.2) is 11.6 Å². The molecule has 0 unspecified atom stereocenters. The minimum Gasteiger partial charge on any atom is -0.384 e. The summed E-state index contributed by atoms with van der Waals surface area (Å²) in [5, 5.41) is 8.23. The Labute approximate surface area is 104 Å². The van der Waals surface area contributed by atoms with Crippen molar-refractivity contribution in [2.75, 3.05) is 0 Å². The van der Waals surface area contributed by atoms with Crippen molar-refractivity contribution in [1.82, 2.24) is 0 Å². The fourth-order valence-corrected chi connectivity index (χ4v) is 1.26. The smallest absolute Gasteiger partial charge is 0.154 e. The first-order chi connectivity index (χ1) is 7.99. The molecule has 0 aliphatic rings. The molecule has 0 bridgehead atoms. The largest absolute Gasteiger partial charge is 0.384 e. The van der Waals surface area contributed by atoms with Gasteiger partial charge in [-0.3, -0.25) is 10.2 Å². The lowest BCUT2D eigenvalue weighted by atomic mass is 10.2. The third kappa shape index (κ3) is 4.61. The Bertz CT molecular complexity index is 506. The number of hydrogen-bond acceptors (Lipinski definition) is 2. The van der Waals surface area contributed by atoms with E-state index in [1.54, 1.807) is 24.3 Å². The van der Waals surface area contributed by atoms with Crippen molar-refractivity contribution in [3.63, 3.8) is 0 Å². The fourth-order valence-electron chi connectivity index (χ4n) is 1.07. The number of carbonyl (C=O) groups excluding carboxylic acids is 1. The van der Waals surface area contributed by atoms with E-state index < -0.39 is 0 Å². The molecule has 0 fully saturated rings. The second kappa shape index (κ2) is 5.96. The van der Waals surface area contributed by atoms with Crippen molar-refractivity contribution in [2.45, 2.75) is 6.92 Å². The summed E-state index contributed by atoms with van der Waals surface area (Å²) >= 11 is 5.79. The number of ketones is 1. The number of allylic oxidation sites excluding steroid dienone is 1. The average molecular weight is 250 g/mol. The highest BCUT2D eigenvalue weighted by atomic mass is 35.5. The van der Waals surface area contributed by atoms with E-state index in [1.807, 2.05) is 0 Å². The predicted octanol–water partition coefficient (Wildman–Crippen LogP) is 2.17. The van der Waals surface area contributed by atoms with Crippen molar-refractivity contribution in [1.29, 1.82) is 5.41 Å². The summed E-state index contributed by atoms with van der Waals surface area (Å²) in [7, 11) is 0. The lowest BCUT2D eigenvalue weighted by Gasteiger charge is -1.99. The van der Waals surface area contributed by atoms with E-state index in [4.69, 9.17) is 22.7 Å². The molecule has 0 saturated heterocycles. The third-order valence-corrected chi connectivity index (χ3v) is 2.06. The van der Waals surface area contributed by atoms with E-state index in [0.717, 1.165) is 0 Å². The van der Waals surface area contributed by atoms with Gasteiger partial charge >= 0.3 is 0 Å². The zero-order chi connectivity index (χ0) is 12.8. The van der Waals surface area contributed by atoms with Crippen LogP contribution in [0.15, 0.2) is 41.4 Å². The molecule has 0 saturated carbocycles. The van der Waals surface area contributed by atoms with E-state index in [9.17, 15) is 4.79 Å². The van der Waals surface area contributed by atoms with Crippen molar-refractivity contribution >= 4 is 29.1 Å². The molecule has 88 valence electrons. The normalized spacial score (nSPS) is 11.8. The van der Waals surface area contributed by atoms with E-state index in [2.05, 4.69) is 4.99 Å². The zero-order valence-corrected chi connectivity index (χ0v) is 10.0. The molecule has 1 aromatic carbocycles. The Morgan fingerprint density at radius 1 is 1.47 bits per heavy atom. The van der Waals surface area contributed by atoms with Crippen LogP contribution in [0.3, 0.4) is 0 Å². The minimum atomic E-state index is -0.127. The number of benzene rings is 1. The molecule has 1 aromatic rings. The maximum absolute atomic E-state index is 10.7. The van der Waals surface area contributed by atoms with Crippen LogP contribution in [0.2, 0.25) is 5.02 Å². The predicted molar refractivity (Wildman–Crippen MR) is 69.7 cm³/mol. The van der Waals surface area contributed by atoms with Crippen molar-refractivity contribution in [2.24, 2.45) is 10.7 Å². The van der Waals surface area contributed by atoms with Crippen LogP contribution in [0.25, 0.3) is 0 Å². The third-order valence-electron chi connectivity index (χ3n) is 1.83. The van der Waals surface area contributed by atoms with Gasteiger partial charge in [0.05, 0.1) is 0 Å². The number of halogens is 1. The summed E-state index contributed by atoms with van der Waals surface area (Å²) in [6, 6.07) is 6.76. The molecule has 5 heteroatoms. The monoisotopic (exact) mass is 249 g/mol. The molecule has 0 aromatic heterocycles. The second-order valence-corrected chi connectivity index (χ2v) is 3.78. The van der Waals surface area contributed by atoms with Gasteiger partial charge < -0.3 is 5.73 Å². The first-order valence-electron chi connectivity index (χ1n) is 4.86. The van der Waals surface area contributed by atoms with E-state index in [-0.39, 0.29) is 17.5 Å². The topological polar surface area (TPSA) is 79.3 Å². The molecule has 17 heavy (non-hydrogen) atoms. The van der Waals surface area contributed by atoms with Gasteiger partial charge in [0, 0.05) is 10.6 Å². The SMILES string of the molecule is CC(=O)/C=C\C(N)=NC(=N)c1cccc(Cl)c1. The van der Waals surface area contributed by atoms with Gasteiger partial charge in [0.1, 0.15) is 5.84 Å². The molecular weight excluding hydrogens is 238 g/mol. The second-order valence-electron chi connectivity index (χ2n) is 3.34. The van der Waals surface area contributed by atoms with Crippen LogP contribution in [-0.2, 0) is 4.79 Å². The molecule has 0 heterocycles. The highest BCUT2D eigenvalue weighted by Crippen LogP contribution is 2.11. The van der Waals surface area contributed by atoms with Crippen LogP contribution in [0.1, 0.15) is 12.5 Å². The van der Waals surface area contributed by atoms with Gasteiger partial charge in [-0.25, -0.2) is 4.99 Å².